The van der Waals surface area contributed by atoms with Crippen LogP contribution in [0.15, 0.2) is 46.9 Å². The Balaban J connectivity index is 2.16. The molecule has 1 amide bonds. The van der Waals surface area contributed by atoms with Gasteiger partial charge in [0.2, 0.25) is 5.91 Å². The molecule has 0 aromatic heterocycles. The van der Waals surface area contributed by atoms with Crippen LogP contribution in [0.3, 0.4) is 0 Å². The third-order valence-electron chi connectivity index (χ3n) is 4.20. The number of para-hydroxylation sites is 1. The van der Waals surface area contributed by atoms with Gasteiger partial charge in [-0.3, -0.25) is 9.69 Å². The van der Waals surface area contributed by atoms with Crippen molar-refractivity contribution in [2.45, 2.75) is 20.4 Å². The van der Waals surface area contributed by atoms with Gasteiger partial charge in [0.15, 0.2) is 0 Å². The number of benzene rings is 2. The van der Waals surface area contributed by atoms with E-state index in [9.17, 15) is 14.3 Å². The summed E-state index contributed by atoms with van der Waals surface area (Å²) >= 11 is 3.34. The molecule has 2 aromatic rings. The molecule has 0 aliphatic heterocycles. The van der Waals surface area contributed by atoms with E-state index >= 15 is 0 Å². The van der Waals surface area contributed by atoms with Crippen molar-refractivity contribution in [3.63, 3.8) is 0 Å². The number of amides is 1. The highest BCUT2D eigenvalue weighted by atomic mass is 79.9. The lowest BCUT2D eigenvalue weighted by Crippen LogP contribution is -2.41. The summed E-state index contributed by atoms with van der Waals surface area (Å²) in [4.78, 5) is 16.3. The van der Waals surface area contributed by atoms with Gasteiger partial charge < -0.3 is 10.0 Å². The first kappa shape index (κ1) is 20.6. The maximum Gasteiger partial charge on any atom is 0.241 e. The average molecular weight is 423 g/mol. The van der Waals surface area contributed by atoms with Gasteiger partial charge in [-0.05, 0) is 43.7 Å². The molecular formula is C20H24BrFN2O2. The fourth-order valence-corrected chi connectivity index (χ4v) is 3.29. The van der Waals surface area contributed by atoms with Gasteiger partial charge in [0.25, 0.3) is 0 Å². The predicted molar refractivity (Wildman–Crippen MR) is 106 cm³/mol. The second-order valence-corrected chi connectivity index (χ2v) is 7.01. The maximum atomic E-state index is 14.0. The highest BCUT2D eigenvalue weighted by molar-refractivity contribution is 9.10. The van der Waals surface area contributed by atoms with E-state index in [-0.39, 0.29) is 31.4 Å². The number of carbonyl (C=O) groups excluding carboxylic acids is 1. The van der Waals surface area contributed by atoms with Crippen molar-refractivity contribution in [3.05, 3.63) is 63.9 Å². The molecule has 6 heteroatoms. The Bertz CT molecular complexity index is 754. The van der Waals surface area contributed by atoms with Crippen LogP contribution in [0.25, 0.3) is 0 Å². The minimum Gasteiger partial charge on any atom is -0.395 e. The number of halogens is 2. The van der Waals surface area contributed by atoms with Gasteiger partial charge in [-0.15, -0.1) is 0 Å². The lowest BCUT2D eigenvalue weighted by atomic mass is 10.1. The van der Waals surface area contributed by atoms with Crippen LogP contribution in [0.4, 0.5) is 10.1 Å². The van der Waals surface area contributed by atoms with Gasteiger partial charge in [0, 0.05) is 35.4 Å². The van der Waals surface area contributed by atoms with E-state index in [2.05, 4.69) is 15.9 Å². The van der Waals surface area contributed by atoms with Gasteiger partial charge in [-0.1, -0.05) is 34.1 Å². The molecule has 140 valence electrons. The zero-order valence-electron chi connectivity index (χ0n) is 15.1. The Kier molecular flexibility index (Phi) is 7.75. The van der Waals surface area contributed by atoms with E-state index in [1.807, 2.05) is 38.1 Å². The van der Waals surface area contributed by atoms with Crippen molar-refractivity contribution >= 4 is 27.5 Å². The summed E-state index contributed by atoms with van der Waals surface area (Å²) in [5.74, 6) is -0.402. The molecule has 2 aromatic carbocycles. The molecule has 0 unspecified atom stereocenters. The van der Waals surface area contributed by atoms with Crippen molar-refractivity contribution in [1.82, 2.24) is 4.90 Å². The molecule has 0 fully saturated rings. The third kappa shape index (κ3) is 5.37. The van der Waals surface area contributed by atoms with E-state index in [0.29, 0.717) is 18.7 Å². The molecule has 0 aliphatic rings. The molecule has 0 heterocycles. The van der Waals surface area contributed by atoms with E-state index < -0.39 is 0 Å². The van der Waals surface area contributed by atoms with Crippen LogP contribution in [0, 0.1) is 12.7 Å². The molecule has 0 saturated carbocycles. The van der Waals surface area contributed by atoms with Gasteiger partial charge >= 0.3 is 0 Å². The monoisotopic (exact) mass is 422 g/mol. The number of aliphatic hydroxyl groups excluding tert-OH is 1. The van der Waals surface area contributed by atoms with Crippen LogP contribution in [0.2, 0.25) is 0 Å². The Labute approximate surface area is 162 Å². The predicted octanol–water partition coefficient (Wildman–Crippen LogP) is 3.74. The van der Waals surface area contributed by atoms with E-state index in [1.54, 1.807) is 21.9 Å². The molecule has 0 radical (unpaired) electrons. The van der Waals surface area contributed by atoms with Crippen LogP contribution in [-0.2, 0) is 11.3 Å². The summed E-state index contributed by atoms with van der Waals surface area (Å²) in [7, 11) is 0. The number of carbonyl (C=O) groups is 1. The van der Waals surface area contributed by atoms with E-state index in [4.69, 9.17) is 0 Å². The number of likely N-dealkylation sites (N-methyl/N-ethyl adjacent to an activating group) is 1. The Hall–Kier alpha value is -1.76. The summed E-state index contributed by atoms with van der Waals surface area (Å²) < 4.78 is 14.8. The summed E-state index contributed by atoms with van der Waals surface area (Å²) in [6.07, 6.45) is 0. The first-order valence-corrected chi connectivity index (χ1v) is 9.38. The Morgan fingerprint density at radius 3 is 2.62 bits per heavy atom. The molecule has 0 bridgehead atoms. The lowest BCUT2D eigenvalue weighted by Gasteiger charge is -2.27. The molecule has 4 nitrogen and oxygen atoms in total. The van der Waals surface area contributed by atoms with Crippen LogP contribution in [0.1, 0.15) is 18.1 Å². The highest BCUT2D eigenvalue weighted by Crippen LogP contribution is 2.21. The normalized spacial score (nSPS) is 11.0. The standard InChI is InChI=1S/C20H24BrFN2O2/c1-3-24(19-7-5-4-6-15(19)2)20(26)14-23(10-11-25)13-16-12-17(21)8-9-18(16)22/h4-9,12,25H,3,10-11,13-14H2,1-2H3. The lowest BCUT2D eigenvalue weighted by molar-refractivity contribution is -0.120. The summed E-state index contributed by atoms with van der Waals surface area (Å²) in [5.41, 5.74) is 2.38. The summed E-state index contributed by atoms with van der Waals surface area (Å²) in [5, 5.41) is 9.34. The molecule has 1 N–H and O–H groups in total. The molecular weight excluding hydrogens is 399 g/mol. The molecule has 26 heavy (non-hydrogen) atoms. The van der Waals surface area contributed by atoms with Crippen molar-refractivity contribution in [2.75, 3.05) is 31.1 Å². The second-order valence-electron chi connectivity index (χ2n) is 6.09. The third-order valence-corrected chi connectivity index (χ3v) is 4.69. The van der Waals surface area contributed by atoms with Gasteiger partial charge in [-0.25, -0.2) is 4.39 Å². The molecule has 0 atom stereocenters. The van der Waals surface area contributed by atoms with Crippen molar-refractivity contribution in [3.8, 4) is 0 Å². The molecule has 0 spiro atoms. The maximum absolute atomic E-state index is 14.0. The van der Waals surface area contributed by atoms with Gasteiger partial charge in [-0.2, -0.15) is 0 Å². The Morgan fingerprint density at radius 1 is 1.23 bits per heavy atom. The number of aliphatic hydroxyl groups is 1. The van der Waals surface area contributed by atoms with Crippen LogP contribution < -0.4 is 4.90 Å². The quantitative estimate of drug-likeness (QED) is 0.704. The number of hydrogen-bond donors (Lipinski definition) is 1. The highest BCUT2D eigenvalue weighted by Gasteiger charge is 2.20. The molecule has 0 saturated heterocycles. The minimum atomic E-state index is -0.324. The number of hydrogen-bond acceptors (Lipinski definition) is 3. The van der Waals surface area contributed by atoms with E-state index in [0.717, 1.165) is 15.7 Å². The number of anilines is 1. The van der Waals surface area contributed by atoms with Crippen molar-refractivity contribution in [1.29, 1.82) is 0 Å². The van der Waals surface area contributed by atoms with E-state index in [1.165, 1.54) is 6.07 Å². The zero-order valence-corrected chi connectivity index (χ0v) is 16.7. The fraction of sp³-hybridized carbons (Fsp3) is 0.350. The zero-order chi connectivity index (χ0) is 19.1. The van der Waals surface area contributed by atoms with Crippen molar-refractivity contribution < 1.29 is 14.3 Å². The van der Waals surface area contributed by atoms with Crippen LogP contribution in [0.5, 0.6) is 0 Å². The first-order chi connectivity index (χ1) is 12.5. The number of rotatable bonds is 8. The van der Waals surface area contributed by atoms with Crippen molar-refractivity contribution in [2.24, 2.45) is 0 Å². The van der Waals surface area contributed by atoms with Gasteiger partial charge in [0.1, 0.15) is 5.82 Å². The summed E-state index contributed by atoms with van der Waals surface area (Å²) in [6, 6.07) is 12.4. The average Bonchev–Trinajstić information content (AvgIpc) is 2.60. The summed E-state index contributed by atoms with van der Waals surface area (Å²) in [6.45, 7) is 4.99. The fourth-order valence-electron chi connectivity index (χ4n) is 2.88. The Morgan fingerprint density at radius 2 is 1.96 bits per heavy atom. The number of nitrogens with zero attached hydrogens (tertiary/aromatic N) is 2. The smallest absolute Gasteiger partial charge is 0.241 e. The van der Waals surface area contributed by atoms with Gasteiger partial charge in [0.05, 0.1) is 13.2 Å². The SMILES string of the molecule is CCN(C(=O)CN(CCO)Cc1cc(Br)ccc1F)c1ccccc1C. The largest absolute Gasteiger partial charge is 0.395 e. The first-order valence-electron chi connectivity index (χ1n) is 8.59. The van der Waals surface area contributed by atoms with Crippen LogP contribution >= 0.6 is 15.9 Å². The second kappa shape index (κ2) is 9.80. The van der Waals surface area contributed by atoms with Crippen LogP contribution in [-0.4, -0.2) is 42.2 Å². The molecule has 0 aliphatic carbocycles. The minimum absolute atomic E-state index is 0.0781. The number of aryl methyl sites for hydroxylation is 1. The topological polar surface area (TPSA) is 43.8 Å². The molecule has 2 rings (SSSR count).